The summed E-state index contributed by atoms with van der Waals surface area (Å²) in [6, 6.07) is -0.592. The van der Waals surface area contributed by atoms with Crippen LogP contribution >= 0.6 is 0 Å². The highest BCUT2D eigenvalue weighted by atomic mass is 16.2. The number of hydrogen-bond acceptors (Lipinski definition) is 6. The van der Waals surface area contributed by atoms with Crippen molar-refractivity contribution < 1.29 is 4.79 Å². The first-order chi connectivity index (χ1) is 6.59. The predicted molar refractivity (Wildman–Crippen MR) is 49.7 cm³/mol. The third kappa shape index (κ3) is 1.17. The molecule has 7 heteroatoms. The van der Waals surface area contributed by atoms with Crippen molar-refractivity contribution in [3.8, 4) is 0 Å². The van der Waals surface area contributed by atoms with Crippen LogP contribution in [0.3, 0.4) is 0 Å². The lowest BCUT2D eigenvalue weighted by Crippen LogP contribution is -2.41. The molecule has 0 aromatic carbocycles. The van der Waals surface area contributed by atoms with E-state index in [-0.39, 0.29) is 12.0 Å². The zero-order chi connectivity index (χ0) is 10.3. The quantitative estimate of drug-likeness (QED) is 0.620. The number of fused-ring (bicyclic) bond motifs is 1. The van der Waals surface area contributed by atoms with Crippen molar-refractivity contribution >= 4 is 17.7 Å². The standard InChI is InChI=1S/C7H10N6O/c1-3(2)13-5-4(11-12-13)6(14)10-7(8)9-5/h3-4H,1-2H3,(H2,8,10,14). The van der Waals surface area contributed by atoms with Crippen molar-refractivity contribution in [2.24, 2.45) is 26.1 Å². The molecule has 14 heavy (non-hydrogen) atoms. The number of nitrogens with two attached hydrogens (primary N) is 1. The lowest BCUT2D eigenvalue weighted by molar-refractivity contribution is -0.117. The molecule has 7 nitrogen and oxygen atoms in total. The first-order valence-electron chi connectivity index (χ1n) is 4.26. The van der Waals surface area contributed by atoms with E-state index >= 15 is 0 Å². The predicted octanol–water partition coefficient (Wildman–Crippen LogP) is -0.300. The van der Waals surface area contributed by atoms with E-state index in [1.165, 1.54) is 0 Å². The number of amides is 1. The molecule has 0 aromatic heterocycles. The monoisotopic (exact) mass is 194 g/mol. The van der Waals surface area contributed by atoms with Crippen molar-refractivity contribution in [2.75, 3.05) is 0 Å². The molecule has 0 spiro atoms. The maximum Gasteiger partial charge on any atom is 0.283 e. The molecule has 1 unspecified atom stereocenters. The van der Waals surface area contributed by atoms with E-state index in [4.69, 9.17) is 5.73 Å². The van der Waals surface area contributed by atoms with Gasteiger partial charge in [-0.25, -0.2) is 5.01 Å². The molecule has 0 aromatic rings. The fourth-order valence-corrected chi connectivity index (χ4v) is 1.29. The normalized spacial score (nSPS) is 25.2. The molecule has 2 N–H and O–H groups in total. The molecule has 0 saturated carbocycles. The number of aliphatic imine (C=N–C) groups is 2. The molecule has 74 valence electrons. The van der Waals surface area contributed by atoms with Crippen LogP contribution < -0.4 is 5.73 Å². The highest BCUT2D eigenvalue weighted by molar-refractivity contribution is 6.17. The van der Waals surface area contributed by atoms with Crippen LogP contribution in [0.2, 0.25) is 0 Å². The van der Waals surface area contributed by atoms with E-state index in [0.29, 0.717) is 5.84 Å². The van der Waals surface area contributed by atoms with Gasteiger partial charge < -0.3 is 5.73 Å². The molecular formula is C7H10N6O. The van der Waals surface area contributed by atoms with Crippen LogP contribution in [-0.2, 0) is 4.79 Å². The number of nitrogens with zero attached hydrogens (tertiary/aromatic N) is 5. The van der Waals surface area contributed by atoms with Crippen LogP contribution in [0.5, 0.6) is 0 Å². The summed E-state index contributed by atoms with van der Waals surface area (Å²) in [6.45, 7) is 3.85. The molecule has 0 radical (unpaired) electrons. The highest BCUT2D eigenvalue weighted by Gasteiger charge is 2.37. The molecule has 2 rings (SSSR count). The zero-order valence-corrected chi connectivity index (χ0v) is 7.88. The van der Waals surface area contributed by atoms with Gasteiger partial charge in [-0.2, -0.15) is 9.98 Å². The Bertz CT molecular complexity index is 368. The third-order valence-corrected chi connectivity index (χ3v) is 1.92. The maximum absolute atomic E-state index is 11.3. The Morgan fingerprint density at radius 1 is 1.43 bits per heavy atom. The average molecular weight is 194 g/mol. The molecule has 0 fully saturated rings. The molecular weight excluding hydrogens is 184 g/mol. The number of carbonyl (C=O) groups is 1. The minimum absolute atomic E-state index is 0.0285. The Kier molecular flexibility index (Phi) is 1.80. The molecule has 2 aliphatic heterocycles. The largest absolute Gasteiger partial charge is 0.368 e. The van der Waals surface area contributed by atoms with Gasteiger partial charge in [-0.15, -0.1) is 5.11 Å². The second kappa shape index (κ2) is 2.86. The first-order valence-corrected chi connectivity index (χ1v) is 4.26. The molecule has 2 heterocycles. The second-order valence-corrected chi connectivity index (χ2v) is 3.32. The number of rotatable bonds is 1. The van der Waals surface area contributed by atoms with Crippen molar-refractivity contribution in [1.29, 1.82) is 0 Å². The summed E-state index contributed by atoms with van der Waals surface area (Å²) in [5.41, 5.74) is 5.38. The Morgan fingerprint density at radius 3 is 2.79 bits per heavy atom. The summed E-state index contributed by atoms with van der Waals surface area (Å²) < 4.78 is 0. The summed E-state index contributed by atoms with van der Waals surface area (Å²) in [5.74, 6) is 0.0381. The Balaban J connectivity index is 2.37. The van der Waals surface area contributed by atoms with Crippen LogP contribution in [0, 0.1) is 0 Å². The smallest absolute Gasteiger partial charge is 0.283 e. The summed E-state index contributed by atoms with van der Waals surface area (Å²) in [6.07, 6.45) is 0. The van der Waals surface area contributed by atoms with Crippen molar-refractivity contribution in [1.82, 2.24) is 5.01 Å². The van der Waals surface area contributed by atoms with E-state index in [9.17, 15) is 4.79 Å². The summed E-state index contributed by atoms with van der Waals surface area (Å²) >= 11 is 0. The number of hydrogen-bond donors (Lipinski definition) is 1. The van der Waals surface area contributed by atoms with Crippen molar-refractivity contribution in [2.45, 2.75) is 25.9 Å². The SMILES string of the molecule is CC(C)N1N=NC2C(=O)N=C(N)N=C21. The molecule has 2 aliphatic rings. The molecule has 0 saturated heterocycles. The van der Waals surface area contributed by atoms with Gasteiger partial charge in [0.05, 0.1) is 6.04 Å². The van der Waals surface area contributed by atoms with Gasteiger partial charge in [-0.1, -0.05) is 5.22 Å². The number of carbonyl (C=O) groups excluding carboxylic acids is 1. The van der Waals surface area contributed by atoms with Crippen LogP contribution in [0.1, 0.15) is 13.8 Å². The molecule has 0 bridgehead atoms. The van der Waals surface area contributed by atoms with E-state index in [1.54, 1.807) is 5.01 Å². The Morgan fingerprint density at radius 2 is 2.14 bits per heavy atom. The van der Waals surface area contributed by atoms with E-state index < -0.39 is 11.9 Å². The van der Waals surface area contributed by atoms with Gasteiger partial charge in [0.15, 0.2) is 5.84 Å². The fraction of sp³-hybridized carbons (Fsp3) is 0.571. The van der Waals surface area contributed by atoms with Gasteiger partial charge in [-0.05, 0) is 13.8 Å². The Hall–Kier alpha value is -1.79. The van der Waals surface area contributed by atoms with E-state index in [2.05, 4.69) is 20.3 Å². The van der Waals surface area contributed by atoms with Gasteiger partial charge in [0.25, 0.3) is 5.91 Å². The zero-order valence-electron chi connectivity index (χ0n) is 7.88. The summed E-state index contributed by atoms with van der Waals surface area (Å²) in [7, 11) is 0. The molecule has 1 amide bonds. The molecule has 1 atom stereocenters. The van der Waals surface area contributed by atoms with E-state index in [0.717, 1.165) is 0 Å². The van der Waals surface area contributed by atoms with Crippen LogP contribution in [0.15, 0.2) is 20.3 Å². The summed E-state index contributed by atoms with van der Waals surface area (Å²) in [5, 5.41) is 9.20. The van der Waals surface area contributed by atoms with Crippen molar-refractivity contribution in [3.05, 3.63) is 0 Å². The van der Waals surface area contributed by atoms with Crippen LogP contribution in [-0.4, -0.2) is 34.8 Å². The third-order valence-electron chi connectivity index (χ3n) is 1.92. The number of guanidine groups is 1. The van der Waals surface area contributed by atoms with Crippen LogP contribution in [0.25, 0.3) is 0 Å². The first kappa shape index (κ1) is 8.79. The van der Waals surface area contributed by atoms with Gasteiger partial charge in [0.1, 0.15) is 0 Å². The van der Waals surface area contributed by atoms with Crippen LogP contribution in [0.4, 0.5) is 0 Å². The fourth-order valence-electron chi connectivity index (χ4n) is 1.29. The van der Waals surface area contributed by atoms with Gasteiger partial charge >= 0.3 is 0 Å². The van der Waals surface area contributed by atoms with Gasteiger partial charge in [0.2, 0.25) is 12.0 Å². The molecule has 0 aliphatic carbocycles. The average Bonchev–Trinajstić information content (AvgIpc) is 2.47. The topological polar surface area (TPSA) is 95.8 Å². The number of amidine groups is 1. The minimum Gasteiger partial charge on any atom is -0.368 e. The Labute approximate surface area is 80.4 Å². The van der Waals surface area contributed by atoms with Gasteiger partial charge in [0, 0.05) is 0 Å². The second-order valence-electron chi connectivity index (χ2n) is 3.32. The lowest BCUT2D eigenvalue weighted by Gasteiger charge is -2.20. The van der Waals surface area contributed by atoms with Gasteiger partial charge in [-0.3, -0.25) is 4.79 Å². The highest BCUT2D eigenvalue weighted by Crippen LogP contribution is 2.19. The maximum atomic E-state index is 11.3. The van der Waals surface area contributed by atoms with E-state index in [1.807, 2.05) is 13.8 Å². The van der Waals surface area contributed by atoms with Crippen molar-refractivity contribution in [3.63, 3.8) is 0 Å². The summed E-state index contributed by atoms with van der Waals surface area (Å²) in [4.78, 5) is 18.8. The minimum atomic E-state index is -0.690. The lowest BCUT2D eigenvalue weighted by atomic mass is 10.2.